The first-order valence-electron chi connectivity index (χ1n) is 11.5. The number of thioether (sulfide) groups is 1. The van der Waals surface area contributed by atoms with Crippen molar-refractivity contribution in [2.75, 3.05) is 5.75 Å². The largest absolute Gasteiger partial charge is 0.352 e. The van der Waals surface area contributed by atoms with Gasteiger partial charge in [-0.3, -0.25) is 9.59 Å². The number of aryl methyl sites for hydroxylation is 1. The molecular formula is C26H32Cl2N2O2S. The molecule has 1 fully saturated rings. The summed E-state index contributed by atoms with van der Waals surface area (Å²) >= 11 is 13.7. The van der Waals surface area contributed by atoms with Crippen molar-refractivity contribution in [1.29, 1.82) is 0 Å². The van der Waals surface area contributed by atoms with Crippen LogP contribution in [0.25, 0.3) is 0 Å². The van der Waals surface area contributed by atoms with Crippen molar-refractivity contribution in [3.63, 3.8) is 0 Å². The molecule has 1 saturated carbocycles. The fourth-order valence-electron chi connectivity index (χ4n) is 4.01. The van der Waals surface area contributed by atoms with Crippen molar-refractivity contribution < 1.29 is 9.59 Å². The average Bonchev–Trinajstić information content (AvgIpc) is 2.80. The number of nitrogens with one attached hydrogen (secondary N) is 1. The number of benzene rings is 2. The molecule has 0 saturated heterocycles. The van der Waals surface area contributed by atoms with E-state index in [-0.39, 0.29) is 23.6 Å². The van der Waals surface area contributed by atoms with E-state index >= 15 is 0 Å². The summed E-state index contributed by atoms with van der Waals surface area (Å²) in [6.45, 7) is 4.26. The lowest BCUT2D eigenvalue weighted by atomic mass is 9.95. The van der Waals surface area contributed by atoms with Gasteiger partial charge < -0.3 is 10.2 Å². The van der Waals surface area contributed by atoms with Crippen molar-refractivity contribution >= 4 is 46.8 Å². The predicted molar refractivity (Wildman–Crippen MR) is 139 cm³/mol. The lowest BCUT2D eigenvalue weighted by molar-refractivity contribution is -0.139. The molecule has 1 aliphatic rings. The minimum Gasteiger partial charge on any atom is -0.352 e. The zero-order chi connectivity index (χ0) is 23.8. The molecule has 0 aliphatic heterocycles. The van der Waals surface area contributed by atoms with E-state index in [1.807, 2.05) is 44.2 Å². The Morgan fingerprint density at radius 2 is 1.79 bits per heavy atom. The molecule has 2 amide bonds. The van der Waals surface area contributed by atoms with E-state index in [0.717, 1.165) is 42.4 Å². The maximum absolute atomic E-state index is 13.3. The fraction of sp³-hybridized carbons (Fsp3) is 0.462. The van der Waals surface area contributed by atoms with Crippen LogP contribution in [-0.2, 0) is 21.9 Å². The van der Waals surface area contributed by atoms with Gasteiger partial charge in [0.2, 0.25) is 11.8 Å². The summed E-state index contributed by atoms with van der Waals surface area (Å²) in [5.41, 5.74) is 3.11. The molecule has 1 atom stereocenters. The predicted octanol–water partition coefficient (Wildman–Crippen LogP) is 6.40. The third kappa shape index (κ3) is 7.94. The monoisotopic (exact) mass is 506 g/mol. The van der Waals surface area contributed by atoms with Crippen molar-refractivity contribution in [3.8, 4) is 0 Å². The van der Waals surface area contributed by atoms with Gasteiger partial charge in [0, 0.05) is 28.4 Å². The van der Waals surface area contributed by atoms with Gasteiger partial charge in [-0.25, -0.2) is 0 Å². The summed E-state index contributed by atoms with van der Waals surface area (Å²) in [6, 6.07) is 13.2. The molecule has 7 heteroatoms. The Morgan fingerprint density at radius 1 is 1.09 bits per heavy atom. The van der Waals surface area contributed by atoms with Crippen LogP contribution in [0.5, 0.6) is 0 Å². The molecule has 2 aromatic rings. The normalized spacial score (nSPS) is 15.2. The Bertz CT molecular complexity index is 946. The molecule has 4 nitrogen and oxygen atoms in total. The van der Waals surface area contributed by atoms with Gasteiger partial charge in [-0.1, -0.05) is 78.4 Å². The summed E-state index contributed by atoms with van der Waals surface area (Å²) in [6.07, 6.45) is 5.56. The molecule has 0 heterocycles. The first-order chi connectivity index (χ1) is 15.8. The number of carbonyl (C=O) groups is 2. The summed E-state index contributed by atoms with van der Waals surface area (Å²) in [5, 5.41) is 4.36. The van der Waals surface area contributed by atoms with Gasteiger partial charge in [0.05, 0.1) is 5.75 Å². The highest BCUT2D eigenvalue weighted by atomic mass is 35.5. The topological polar surface area (TPSA) is 49.4 Å². The third-order valence-corrected chi connectivity index (χ3v) is 7.64. The van der Waals surface area contributed by atoms with Gasteiger partial charge in [-0.05, 0) is 49.9 Å². The quantitative estimate of drug-likeness (QED) is 0.427. The second-order valence-electron chi connectivity index (χ2n) is 8.76. The molecule has 0 bridgehead atoms. The van der Waals surface area contributed by atoms with Crippen LogP contribution in [-0.4, -0.2) is 34.6 Å². The molecule has 0 aromatic heterocycles. The molecule has 1 N–H and O–H groups in total. The third-order valence-electron chi connectivity index (χ3n) is 6.09. The zero-order valence-corrected chi connectivity index (χ0v) is 21.6. The van der Waals surface area contributed by atoms with Crippen molar-refractivity contribution in [2.24, 2.45) is 0 Å². The highest BCUT2D eigenvalue weighted by Crippen LogP contribution is 2.25. The van der Waals surface area contributed by atoms with Gasteiger partial charge in [-0.15, -0.1) is 11.8 Å². The molecule has 178 valence electrons. The van der Waals surface area contributed by atoms with E-state index < -0.39 is 6.04 Å². The van der Waals surface area contributed by atoms with Gasteiger partial charge in [0.1, 0.15) is 6.04 Å². The molecule has 1 unspecified atom stereocenters. The Kier molecular flexibility index (Phi) is 9.96. The van der Waals surface area contributed by atoms with Crippen molar-refractivity contribution in [2.45, 2.75) is 70.3 Å². The highest BCUT2D eigenvalue weighted by Gasteiger charge is 2.28. The lowest BCUT2D eigenvalue weighted by Crippen LogP contribution is -2.50. The van der Waals surface area contributed by atoms with E-state index in [1.165, 1.54) is 18.2 Å². The summed E-state index contributed by atoms with van der Waals surface area (Å²) in [4.78, 5) is 28.0. The Morgan fingerprint density at radius 3 is 2.45 bits per heavy atom. The number of hydrogen-bond acceptors (Lipinski definition) is 3. The van der Waals surface area contributed by atoms with Crippen LogP contribution in [0.1, 0.15) is 55.7 Å². The number of halogens is 2. The Balaban J connectivity index is 1.65. The number of nitrogens with zero attached hydrogens (tertiary/aromatic N) is 1. The SMILES string of the molecule is Cc1ccc(CN(C(=O)CSCc2ccc(Cl)cc2Cl)C(C)C(=O)NC2CCCCC2)cc1. The van der Waals surface area contributed by atoms with Crippen LogP contribution < -0.4 is 5.32 Å². The van der Waals surface area contributed by atoms with Crippen LogP contribution in [0, 0.1) is 6.92 Å². The van der Waals surface area contributed by atoms with E-state index in [2.05, 4.69) is 5.32 Å². The van der Waals surface area contributed by atoms with Crippen LogP contribution in [0.4, 0.5) is 0 Å². The minimum absolute atomic E-state index is 0.0584. The fourth-order valence-corrected chi connectivity index (χ4v) is 5.48. The van der Waals surface area contributed by atoms with Crippen LogP contribution in [0.15, 0.2) is 42.5 Å². The van der Waals surface area contributed by atoms with Crippen LogP contribution >= 0.6 is 35.0 Å². The smallest absolute Gasteiger partial charge is 0.242 e. The molecular weight excluding hydrogens is 475 g/mol. The number of carbonyl (C=O) groups excluding carboxylic acids is 2. The molecule has 2 aromatic carbocycles. The van der Waals surface area contributed by atoms with E-state index in [0.29, 0.717) is 22.3 Å². The molecule has 1 aliphatic carbocycles. The standard InChI is InChI=1S/C26H32Cl2N2O2S/c1-18-8-10-20(11-9-18)15-30(19(2)26(32)29-23-6-4-3-5-7-23)25(31)17-33-16-21-12-13-22(27)14-24(21)28/h8-14,19,23H,3-7,15-17H2,1-2H3,(H,29,32). The maximum atomic E-state index is 13.3. The first-order valence-corrected chi connectivity index (χ1v) is 13.4. The lowest BCUT2D eigenvalue weighted by Gasteiger charge is -2.31. The first kappa shape index (κ1) is 25.9. The summed E-state index contributed by atoms with van der Waals surface area (Å²) in [5.74, 6) is 0.735. The molecule has 0 radical (unpaired) electrons. The number of rotatable bonds is 9. The second-order valence-corrected chi connectivity index (χ2v) is 10.6. The number of amides is 2. The van der Waals surface area contributed by atoms with Crippen LogP contribution in [0.3, 0.4) is 0 Å². The molecule has 3 rings (SSSR count). The maximum Gasteiger partial charge on any atom is 0.242 e. The highest BCUT2D eigenvalue weighted by molar-refractivity contribution is 7.99. The average molecular weight is 508 g/mol. The van der Waals surface area contributed by atoms with Gasteiger partial charge >= 0.3 is 0 Å². The number of hydrogen-bond donors (Lipinski definition) is 1. The summed E-state index contributed by atoms with van der Waals surface area (Å²) in [7, 11) is 0. The Hall–Kier alpha value is -1.69. The molecule has 33 heavy (non-hydrogen) atoms. The van der Waals surface area contributed by atoms with Gasteiger partial charge in [0.25, 0.3) is 0 Å². The van der Waals surface area contributed by atoms with E-state index in [9.17, 15) is 9.59 Å². The summed E-state index contributed by atoms with van der Waals surface area (Å²) < 4.78 is 0. The van der Waals surface area contributed by atoms with E-state index in [4.69, 9.17) is 23.2 Å². The van der Waals surface area contributed by atoms with Gasteiger partial charge in [-0.2, -0.15) is 0 Å². The van der Waals surface area contributed by atoms with Crippen molar-refractivity contribution in [3.05, 3.63) is 69.2 Å². The minimum atomic E-state index is -0.541. The van der Waals surface area contributed by atoms with Gasteiger partial charge in [0.15, 0.2) is 0 Å². The Labute approximate surface area is 211 Å². The zero-order valence-electron chi connectivity index (χ0n) is 19.3. The van der Waals surface area contributed by atoms with Crippen molar-refractivity contribution in [1.82, 2.24) is 10.2 Å². The van der Waals surface area contributed by atoms with E-state index in [1.54, 1.807) is 17.0 Å². The van der Waals surface area contributed by atoms with Crippen LogP contribution in [0.2, 0.25) is 10.0 Å². The molecule has 0 spiro atoms. The second kappa shape index (κ2) is 12.7.